The van der Waals surface area contributed by atoms with Crippen LogP contribution in [0.25, 0.3) is 0 Å². The standard InChI is InChI=1S/C21H30O8/c1-9-7-12-14(19(27)21(3,4)18(12)26)10(2)11(9)5-6-28-20-17(25)16(24)15(23)13(8-22)29-20/h7,13,15-18,20,22-26H,5-6,8H2,1-4H3/t13-,15-,16-,17+,18-,20-/m0/s1. The Morgan fingerprint density at radius 2 is 1.76 bits per heavy atom. The van der Waals surface area contributed by atoms with Crippen molar-refractivity contribution in [1.29, 1.82) is 0 Å². The van der Waals surface area contributed by atoms with Crippen molar-refractivity contribution in [3.05, 3.63) is 33.9 Å². The molecule has 0 saturated carbocycles. The van der Waals surface area contributed by atoms with Crippen LogP contribution in [0.15, 0.2) is 6.07 Å². The molecule has 0 amide bonds. The first-order valence-electron chi connectivity index (χ1n) is 9.80. The molecule has 1 heterocycles. The minimum absolute atomic E-state index is 0.0893. The summed E-state index contributed by atoms with van der Waals surface area (Å²) in [5.74, 6) is -0.0893. The zero-order valence-corrected chi connectivity index (χ0v) is 17.1. The van der Waals surface area contributed by atoms with Gasteiger partial charge >= 0.3 is 0 Å². The van der Waals surface area contributed by atoms with Gasteiger partial charge in [0.2, 0.25) is 0 Å². The number of hydrogen-bond acceptors (Lipinski definition) is 8. The van der Waals surface area contributed by atoms with E-state index in [1.807, 2.05) is 19.9 Å². The van der Waals surface area contributed by atoms with Crippen LogP contribution >= 0.6 is 0 Å². The first-order chi connectivity index (χ1) is 13.5. The van der Waals surface area contributed by atoms with E-state index in [4.69, 9.17) is 9.47 Å². The summed E-state index contributed by atoms with van der Waals surface area (Å²) in [5.41, 5.74) is 2.96. The first kappa shape index (κ1) is 22.3. The van der Waals surface area contributed by atoms with E-state index < -0.39 is 48.8 Å². The number of rotatable bonds is 5. The third-order valence-electron chi connectivity index (χ3n) is 6.24. The number of benzene rings is 1. The van der Waals surface area contributed by atoms with Crippen molar-refractivity contribution in [1.82, 2.24) is 0 Å². The van der Waals surface area contributed by atoms with E-state index in [-0.39, 0.29) is 12.4 Å². The average Bonchev–Trinajstić information content (AvgIpc) is 2.84. The summed E-state index contributed by atoms with van der Waals surface area (Å²) >= 11 is 0. The number of carbonyl (C=O) groups excluding carboxylic acids is 1. The molecule has 29 heavy (non-hydrogen) atoms. The van der Waals surface area contributed by atoms with Crippen LogP contribution in [0.1, 0.15) is 52.6 Å². The molecule has 0 spiro atoms. The van der Waals surface area contributed by atoms with E-state index in [1.165, 1.54) is 0 Å². The fourth-order valence-electron chi connectivity index (χ4n) is 4.27. The lowest BCUT2D eigenvalue weighted by molar-refractivity contribution is -0.300. The van der Waals surface area contributed by atoms with Gasteiger partial charge in [0.25, 0.3) is 0 Å². The van der Waals surface area contributed by atoms with Crippen molar-refractivity contribution < 1.29 is 39.8 Å². The highest BCUT2D eigenvalue weighted by Crippen LogP contribution is 2.47. The number of ketones is 1. The van der Waals surface area contributed by atoms with Crippen molar-refractivity contribution in [2.45, 2.75) is 70.9 Å². The molecule has 5 N–H and O–H groups in total. The van der Waals surface area contributed by atoms with Gasteiger partial charge < -0.3 is 35.0 Å². The Morgan fingerprint density at radius 3 is 2.38 bits per heavy atom. The van der Waals surface area contributed by atoms with Crippen LogP contribution in [-0.4, -0.2) is 75.2 Å². The van der Waals surface area contributed by atoms with Gasteiger partial charge in [-0.25, -0.2) is 0 Å². The van der Waals surface area contributed by atoms with Crippen molar-refractivity contribution in [3.8, 4) is 0 Å². The minimum atomic E-state index is -1.49. The molecule has 0 radical (unpaired) electrons. The zero-order chi connectivity index (χ0) is 21.7. The van der Waals surface area contributed by atoms with Crippen LogP contribution in [0.2, 0.25) is 0 Å². The number of aryl methyl sites for hydroxylation is 1. The number of carbonyl (C=O) groups is 1. The highest BCUT2D eigenvalue weighted by atomic mass is 16.7. The Kier molecular flexibility index (Phi) is 6.18. The molecule has 0 bridgehead atoms. The van der Waals surface area contributed by atoms with E-state index in [9.17, 15) is 30.3 Å². The van der Waals surface area contributed by atoms with Gasteiger partial charge in [-0.1, -0.05) is 6.07 Å². The van der Waals surface area contributed by atoms with Gasteiger partial charge in [-0.3, -0.25) is 4.79 Å². The fraction of sp³-hybridized carbons (Fsp3) is 0.667. The molecule has 2 aliphatic rings. The lowest BCUT2D eigenvalue weighted by atomic mass is 9.86. The van der Waals surface area contributed by atoms with Crippen LogP contribution < -0.4 is 0 Å². The zero-order valence-electron chi connectivity index (χ0n) is 17.1. The molecule has 0 unspecified atom stereocenters. The van der Waals surface area contributed by atoms with Gasteiger partial charge in [0.1, 0.15) is 24.4 Å². The maximum atomic E-state index is 12.8. The SMILES string of the molecule is Cc1cc2c(c(C)c1CCO[C@H]1O[C@@H](CO)[C@H](O)[C@H](O)[C@H]1O)C(=O)C(C)(C)[C@H]2O. The third-order valence-corrected chi connectivity index (χ3v) is 6.24. The molecule has 1 fully saturated rings. The van der Waals surface area contributed by atoms with Crippen molar-refractivity contribution in [3.63, 3.8) is 0 Å². The van der Waals surface area contributed by atoms with E-state index in [0.29, 0.717) is 17.5 Å². The predicted molar refractivity (Wildman–Crippen MR) is 102 cm³/mol. The highest BCUT2D eigenvalue weighted by Gasteiger charge is 2.47. The van der Waals surface area contributed by atoms with Gasteiger partial charge in [0, 0.05) is 5.56 Å². The molecule has 1 saturated heterocycles. The maximum Gasteiger partial charge on any atom is 0.186 e. The number of fused-ring (bicyclic) bond motifs is 1. The van der Waals surface area contributed by atoms with Crippen LogP contribution in [0.3, 0.4) is 0 Å². The molecule has 1 aromatic carbocycles. The Bertz CT molecular complexity index is 787. The van der Waals surface area contributed by atoms with Gasteiger partial charge in [-0.15, -0.1) is 0 Å². The van der Waals surface area contributed by atoms with Crippen molar-refractivity contribution >= 4 is 5.78 Å². The monoisotopic (exact) mass is 410 g/mol. The predicted octanol–water partition coefficient (Wildman–Crippen LogP) is -0.0817. The van der Waals surface area contributed by atoms with Crippen molar-refractivity contribution in [2.75, 3.05) is 13.2 Å². The summed E-state index contributed by atoms with van der Waals surface area (Å²) < 4.78 is 10.9. The number of Topliss-reactive ketones (excluding diaryl/α,β-unsaturated/α-hetero) is 1. The lowest BCUT2D eigenvalue weighted by Crippen LogP contribution is -2.59. The molecular formula is C21H30O8. The van der Waals surface area contributed by atoms with Gasteiger partial charge in [0.05, 0.1) is 24.7 Å². The second kappa shape index (κ2) is 8.03. The summed E-state index contributed by atoms with van der Waals surface area (Å²) in [6, 6.07) is 1.84. The normalized spacial score (nSPS) is 33.8. The van der Waals surface area contributed by atoms with Crippen LogP contribution in [0, 0.1) is 19.3 Å². The molecule has 0 aromatic heterocycles. The average molecular weight is 410 g/mol. The smallest absolute Gasteiger partial charge is 0.186 e. The van der Waals surface area contributed by atoms with Gasteiger partial charge in [-0.2, -0.15) is 0 Å². The summed E-state index contributed by atoms with van der Waals surface area (Å²) in [5, 5.41) is 49.5. The quantitative estimate of drug-likeness (QED) is 0.455. The van der Waals surface area contributed by atoms with E-state index in [0.717, 1.165) is 16.7 Å². The summed E-state index contributed by atoms with van der Waals surface area (Å²) in [7, 11) is 0. The topological polar surface area (TPSA) is 137 Å². The second-order valence-electron chi connectivity index (χ2n) is 8.53. The molecule has 1 aliphatic carbocycles. The third kappa shape index (κ3) is 3.63. The molecule has 8 heteroatoms. The number of ether oxygens (including phenoxy) is 2. The van der Waals surface area contributed by atoms with Crippen LogP contribution in [0.5, 0.6) is 0 Å². The summed E-state index contributed by atoms with van der Waals surface area (Å²) in [4.78, 5) is 12.8. The largest absolute Gasteiger partial charge is 0.394 e. The molecule has 3 rings (SSSR count). The lowest BCUT2D eigenvalue weighted by Gasteiger charge is -2.39. The molecule has 162 valence electrons. The van der Waals surface area contributed by atoms with Crippen LogP contribution in [-0.2, 0) is 15.9 Å². The molecular weight excluding hydrogens is 380 g/mol. The molecule has 1 aromatic rings. The summed E-state index contributed by atoms with van der Waals surface area (Å²) in [6.07, 6.45) is -7.02. The number of aliphatic hydroxyl groups excluding tert-OH is 5. The van der Waals surface area contributed by atoms with E-state index >= 15 is 0 Å². The number of aliphatic hydroxyl groups is 5. The molecule has 1 aliphatic heterocycles. The highest BCUT2D eigenvalue weighted by molar-refractivity contribution is 6.06. The van der Waals surface area contributed by atoms with Gasteiger partial charge in [0.15, 0.2) is 12.1 Å². The first-order valence-corrected chi connectivity index (χ1v) is 9.80. The number of hydrogen-bond donors (Lipinski definition) is 5. The Hall–Kier alpha value is -1.39. The Morgan fingerprint density at radius 1 is 1.10 bits per heavy atom. The Labute approximate surface area is 169 Å². The second-order valence-corrected chi connectivity index (χ2v) is 8.53. The van der Waals surface area contributed by atoms with E-state index in [2.05, 4.69) is 0 Å². The summed E-state index contributed by atoms with van der Waals surface area (Å²) in [6.45, 7) is 6.82. The molecule has 8 nitrogen and oxygen atoms in total. The minimum Gasteiger partial charge on any atom is -0.394 e. The molecule has 6 atom stereocenters. The van der Waals surface area contributed by atoms with Gasteiger partial charge in [-0.05, 0) is 56.4 Å². The van der Waals surface area contributed by atoms with E-state index in [1.54, 1.807) is 13.8 Å². The van der Waals surface area contributed by atoms with Crippen molar-refractivity contribution in [2.24, 2.45) is 5.41 Å². The Balaban J connectivity index is 1.74. The fourth-order valence-corrected chi connectivity index (χ4v) is 4.27. The van der Waals surface area contributed by atoms with Crippen LogP contribution in [0.4, 0.5) is 0 Å². The maximum absolute atomic E-state index is 12.8.